The van der Waals surface area contributed by atoms with Crippen molar-refractivity contribution in [1.82, 2.24) is 15.0 Å². The minimum atomic E-state index is -1.28. The molecular weight excluding hydrogens is 704 g/mol. The summed E-state index contributed by atoms with van der Waals surface area (Å²) >= 11 is 0. The van der Waals surface area contributed by atoms with Crippen LogP contribution >= 0.6 is 0 Å². The van der Waals surface area contributed by atoms with E-state index in [0.29, 0.717) is 71.8 Å². The molecule has 1 aromatic heterocycles. The van der Waals surface area contributed by atoms with Crippen molar-refractivity contribution in [1.29, 1.82) is 0 Å². The summed E-state index contributed by atoms with van der Waals surface area (Å²) in [6.45, 7) is 2.09. The van der Waals surface area contributed by atoms with Crippen LogP contribution < -0.4 is 15.5 Å². The van der Waals surface area contributed by atoms with Crippen molar-refractivity contribution in [2.45, 2.75) is 13.2 Å². The standard InChI is InChI=1S/C35H32N10O9/c46-31(47)23-16-24(32(48)49)18-30(17-23)44-42-28-7-3-26(4-8-28)37-34-38-33(39-35(40-34)45-9-11-52-12-10-45)36-25-1-5-27(6-2-25)41-43-29-14-21(19-53-50)13-22(15-29)20-54-51/h1-8,13-18,50-51H,9-12,19-20H2,(H,46,47)(H,48,49)(H2,36,37,38,39,40). The van der Waals surface area contributed by atoms with E-state index in [2.05, 4.69) is 55.8 Å². The monoisotopic (exact) mass is 736 g/mol. The van der Waals surface area contributed by atoms with E-state index in [0.717, 1.165) is 6.07 Å². The van der Waals surface area contributed by atoms with Crippen molar-refractivity contribution in [3.8, 4) is 0 Å². The van der Waals surface area contributed by atoms with Gasteiger partial charge in [0.2, 0.25) is 17.8 Å². The minimum absolute atomic E-state index is 0.0726. The van der Waals surface area contributed by atoms with Gasteiger partial charge in [-0.3, -0.25) is 10.5 Å². The van der Waals surface area contributed by atoms with Gasteiger partial charge < -0.3 is 30.5 Å². The molecule has 6 rings (SSSR count). The molecule has 0 atom stereocenters. The quantitative estimate of drug-likeness (QED) is 0.0347. The number of nitrogens with one attached hydrogen (secondary N) is 2. The van der Waals surface area contributed by atoms with Gasteiger partial charge in [-0.05, 0) is 90.0 Å². The normalized spacial score (nSPS) is 13.0. The first-order chi connectivity index (χ1) is 26.2. The second-order valence-corrected chi connectivity index (χ2v) is 11.6. The number of hydrogen-bond acceptors (Lipinski definition) is 17. The number of carboxylic acids is 2. The van der Waals surface area contributed by atoms with Crippen LogP contribution in [0.3, 0.4) is 0 Å². The predicted octanol–water partition coefficient (Wildman–Crippen LogP) is 7.40. The molecule has 19 heteroatoms. The number of rotatable bonds is 15. The average Bonchev–Trinajstić information content (AvgIpc) is 3.18. The van der Waals surface area contributed by atoms with E-state index in [-0.39, 0.29) is 41.9 Å². The van der Waals surface area contributed by atoms with Gasteiger partial charge in [0, 0.05) is 24.5 Å². The highest BCUT2D eigenvalue weighted by molar-refractivity contribution is 5.95. The first kappa shape index (κ1) is 37.0. The highest BCUT2D eigenvalue weighted by Crippen LogP contribution is 2.27. The molecule has 1 aliphatic heterocycles. The molecule has 276 valence electrons. The van der Waals surface area contributed by atoms with Crippen molar-refractivity contribution in [3.05, 3.63) is 107 Å². The number of aromatic nitrogens is 3. The summed E-state index contributed by atoms with van der Waals surface area (Å²) in [5.74, 6) is -1.58. The van der Waals surface area contributed by atoms with Crippen LogP contribution in [0.2, 0.25) is 0 Å². The first-order valence-electron chi connectivity index (χ1n) is 16.2. The molecule has 1 aliphatic rings. The smallest absolute Gasteiger partial charge is 0.335 e. The molecular formula is C35H32N10O9. The number of azo groups is 2. The summed E-state index contributed by atoms with van der Waals surface area (Å²) in [6.07, 6.45) is 0. The van der Waals surface area contributed by atoms with Gasteiger partial charge >= 0.3 is 11.9 Å². The average molecular weight is 737 g/mol. The number of benzene rings is 4. The second kappa shape index (κ2) is 17.6. The van der Waals surface area contributed by atoms with Crippen LogP contribution in [0.4, 0.5) is 52.0 Å². The Labute approximate surface area is 306 Å². The molecule has 4 aromatic carbocycles. The van der Waals surface area contributed by atoms with Gasteiger partial charge in [-0.25, -0.2) is 19.4 Å². The molecule has 0 saturated carbocycles. The molecule has 1 fully saturated rings. The van der Waals surface area contributed by atoms with Crippen molar-refractivity contribution in [2.75, 3.05) is 41.8 Å². The summed E-state index contributed by atoms with van der Waals surface area (Å²) in [5, 5.41) is 59.4. The summed E-state index contributed by atoms with van der Waals surface area (Å²) < 4.78 is 5.50. The fraction of sp³-hybridized carbons (Fsp3) is 0.171. The molecule has 19 nitrogen and oxygen atoms in total. The third-order valence-electron chi connectivity index (χ3n) is 7.64. The largest absolute Gasteiger partial charge is 0.478 e. The predicted molar refractivity (Wildman–Crippen MR) is 192 cm³/mol. The number of carboxylic acid groups (broad SMARTS) is 2. The summed E-state index contributed by atoms with van der Waals surface area (Å²) in [4.78, 5) is 47.1. The third-order valence-corrected chi connectivity index (χ3v) is 7.64. The van der Waals surface area contributed by atoms with E-state index >= 15 is 0 Å². The Morgan fingerprint density at radius 3 is 1.52 bits per heavy atom. The molecule has 1 saturated heterocycles. The Morgan fingerprint density at radius 1 is 0.630 bits per heavy atom. The number of carbonyl (C=O) groups is 2. The van der Waals surface area contributed by atoms with Crippen LogP contribution in [0, 0.1) is 0 Å². The van der Waals surface area contributed by atoms with E-state index in [4.69, 9.17) is 15.3 Å². The Kier molecular flexibility index (Phi) is 12.1. The van der Waals surface area contributed by atoms with Gasteiger partial charge in [0.25, 0.3) is 0 Å². The zero-order chi connectivity index (χ0) is 37.9. The molecule has 0 aliphatic carbocycles. The van der Waals surface area contributed by atoms with E-state index in [9.17, 15) is 19.8 Å². The van der Waals surface area contributed by atoms with Crippen molar-refractivity contribution >= 4 is 63.9 Å². The molecule has 0 spiro atoms. The maximum atomic E-state index is 11.4. The van der Waals surface area contributed by atoms with Crippen molar-refractivity contribution in [3.63, 3.8) is 0 Å². The maximum Gasteiger partial charge on any atom is 0.335 e. The van der Waals surface area contributed by atoms with E-state index in [1.54, 1.807) is 66.7 Å². The van der Waals surface area contributed by atoms with Gasteiger partial charge in [0.15, 0.2) is 0 Å². The molecule has 0 unspecified atom stereocenters. The van der Waals surface area contributed by atoms with Gasteiger partial charge in [0.05, 0.1) is 47.1 Å². The molecule has 0 amide bonds. The number of aromatic carboxylic acids is 2. The fourth-order valence-corrected chi connectivity index (χ4v) is 5.13. The molecule has 6 N–H and O–H groups in total. The van der Waals surface area contributed by atoms with Crippen LogP contribution in [-0.2, 0) is 27.7 Å². The Balaban J connectivity index is 1.17. The number of ether oxygens (including phenoxy) is 1. The van der Waals surface area contributed by atoms with Crippen molar-refractivity contribution < 1.29 is 44.8 Å². The van der Waals surface area contributed by atoms with Gasteiger partial charge in [-0.15, -0.1) is 0 Å². The van der Waals surface area contributed by atoms with Crippen molar-refractivity contribution in [2.24, 2.45) is 20.5 Å². The third kappa shape index (κ3) is 10.2. The Hall–Kier alpha value is -6.77. The molecule has 5 aromatic rings. The van der Waals surface area contributed by atoms with Crippen LogP contribution in [-0.4, -0.2) is 73.9 Å². The molecule has 2 heterocycles. The summed E-state index contributed by atoms with van der Waals surface area (Å²) in [6, 6.07) is 22.4. The first-order valence-corrected chi connectivity index (χ1v) is 16.2. The SMILES string of the molecule is O=C(O)c1cc(N=Nc2ccc(Nc3nc(Nc4ccc(N=Nc5cc(COO)cc(COO)c5)cc4)nc(N4CCOCC4)n3)cc2)cc(C(=O)O)c1. The lowest BCUT2D eigenvalue weighted by Crippen LogP contribution is -2.37. The lowest BCUT2D eigenvalue weighted by molar-refractivity contribution is -0.254. The van der Waals surface area contributed by atoms with Gasteiger partial charge in [0.1, 0.15) is 13.2 Å². The van der Waals surface area contributed by atoms with Crippen LogP contribution in [0.5, 0.6) is 0 Å². The summed E-state index contributed by atoms with van der Waals surface area (Å²) in [5.41, 5.74) is 3.62. The number of morpholine rings is 1. The molecule has 0 bridgehead atoms. The highest BCUT2D eigenvalue weighted by atomic mass is 17.1. The Bertz CT molecular complexity index is 2100. The number of hydrogen-bond donors (Lipinski definition) is 6. The van der Waals surface area contributed by atoms with Gasteiger partial charge in [-0.2, -0.15) is 35.4 Å². The zero-order valence-corrected chi connectivity index (χ0v) is 28.2. The van der Waals surface area contributed by atoms with Crippen LogP contribution in [0.1, 0.15) is 31.8 Å². The maximum absolute atomic E-state index is 11.4. The van der Waals surface area contributed by atoms with E-state index < -0.39 is 11.9 Å². The second-order valence-electron chi connectivity index (χ2n) is 11.6. The van der Waals surface area contributed by atoms with Gasteiger partial charge in [-0.1, -0.05) is 6.07 Å². The number of anilines is 5. The van der Waals surface area contributed by atoms with Crippen LogP contribution in [0.15, 0.2) is 105 Å². The lowest BCUT2D eigenvalue weighted by atomic mass is 10.1. The lowest BCUT2D eigenvalue weighted by Gasteiger charge is -2.27. The molecule has 54 heavy (non-hydrogen) atoms. The fourth-order valence-electron chi connectivity index (χ4n) is 5.13. The molecule has 0 radical (unpaired) electrons. The Morgan fingerprint density at radius 2 is 1.07 bits per heavy atom. The summed E-state index contributed by atoms with van der Waals surface area (Å²) in [7, 11) is 0. The minimum Gasteiger partial charge on any atom is -0.478 e. The zero-order valence-electron chi connectivity index (χ0n) is 28.2. The van der Waals surface area contributed by atoms with E-state index in [1.165, 1.54) is 12.1 Å². The number of nitrogens with zero attached hydrogens (tertiary/aromatic N) is 8. The highest BCUT2D eigenvalue weighted by Gasteiger charge is 2.17. The van der Waals surface area contributed by atoms with Crippen LogP contribution in [0.25, 0.3) is 0 Å². The topological polar surface area (TPSA) is 258 Å². The van der Waals surface area contributed by atoms with E-state index in [1.807, 2.05) is 4.90 Å².